The summed E-state index contributed by atoms with van der Waals surface area (Å²) in [5, 5.41) is 3.32. The standard InChI is InChI=1S/C23H26N4O3/c1-4-14-5-7-15(8-6-14)19(13(2)3)25-21(28)16-11-18-20(24-12-16)27(17-9-10-17)23(30)26-22(18)29/h5-8,11-13,17,19H,4,9-10H2,1-3H3,(H,25,28)(H,26,29,30)/t19-/m0/s1. The molecule has 4 rings (SSSR count). The predicted octanol–water partition coefficient (Wildman–Crippen LogP) is 3.11. The van der Waals surface area contributed by atoms with Crippen LogP contribution in [0.25, 0.3) is 11.0 Å². The topological polar surface area (TPSA) is 96.8 Å². The zero-order valence-corrected chi connectivity index (χ0v) is 17.4. The first-order chi connectivity index (χ1) is 14.4. The molecule has 1 amide bonds. The quantitative estimate of drug-likeness (QED) is 0.657. The summed E-state index contributed by atoms with van der Waals surface area (Å²) in [4.78, 5) is 44.1. The van der Waals surface area contributed by atoms with E-state index < -0.39 is 11.2 Å². The van der Waals surface area contributed by atoms with Crippen molar-refractivity contribution in [3.63, 3.8) is 0 Å². The molecule has 1 atom stereocenters. The summed E-state index contributed by atoms with van der Waals surface area (Å²) in [6.45, 7) is 6.21. The van der Waals surface area contributed by atoms with E-state index in [4.69, 9.17) is 0 Å². The molecule has 7 nitrogen and oxygen atoms in total. The largest absolute Gasteiger partial charge is 0.345 e. The van der Waals surface area contributed by atoms with Crippen molar-refractivity contribution in [2.24, 2.45) is 5.92 Å². The summed E-state index contributed by atoms with van der Waals surface area (Å²) >= 11 is 0. The molecule has 0 radical (unpaired) electrons. The highest BCUT2D eigenvalue weighted by Crippen LogP contribution is 2.34. The molecule has 1 aliphatic carbocycles. The van der Waals surface area contributed by atoms with E-state index in [-0.39, 0.29) is 29.3 Å². The van der Waals surface area contributed by atoms with E-state index in [0.717, 1.165) is 24.8 Å². The Morgan fingerprint density at radius 2 is 1.93 bits per heavy atom. The Morgan fingerprint density at radius 3 is 2.53 bits per heavy atom. The van der Waals surface area contributed by atoms with Crippen molar-refractivity contribution in [2.45, 2.75) is 52.1 Å². The van der Waals surface area contributed by atoms with Crippen molar-refractivity contribution >= 4 is 16.9 Å². The maximum absolute atomic E-state index is 13.0. The number of hydrogen-bond donors (Lipinski definition) is 2. The number of fused-ring (bicyclic) bond motifs is 1. The summed E-state index contributed by atoms with van der Waals surface area (Å²) < 4.78 is 1.52. The summed E-state index contributed by atoms with van der Waals surface area (Å²) in [5.41, 5.74) is 1.93. The normalized spacial score (nSPS) is 14.8. The number of pyridine rings is 1. The van der Waals surface area contributed by atoms with Crippen LogP contribution < -0.4 is 16.6 Å². The Labute approximate surface area is 174 Å². The van der Waals surface area contributed by atoms with Crippen LogP contribution in [0.15, 0.2) is 46.1 Å². The van der Waals surface area contributed by atoms with Crippen molar-refractivity contribution < 1.29 is 4.79 Å². The molecule has 0 unspecified atom stereocenters. The van der Waals surface area contributed by atoms with Crippen LogP contribution in [0.1, 0.15) is 67.2 Å². The number of nitrogens with zero attached hydrogens (tertiary/aromatic N) is 2. The Morgan fingerprint density at radius 1 is 1.23 bits per heavy atom. The van der Waals surface area contributed by atoms with Crippen LogP contribution in [-0.2, 0) is 6.42 Å². The van der Waals surface area contributed by atoms with Gasteiger partial charge in [-0.05, 0) is 42.4 Å². The molecule has 2 aromatic heterocycles. The molecule has 156 valence electrons. The van der Waals surface area contributed by atoms with Gasteiger partial charge in [0.1, 0.15) is 5.65 Å². The minimum atomic E-state index is -0.524. The lowest BCUT2D eigenvalue weighted by Gasteiger charge is -2.23. The molecule has 0 saturated heterocycles. The Balaban J connectivity index is 1.66. The Hall–Kier alpha value is -3.22. The Kier molecular flexibility index (Phi) is 5.28. The van der Waals surface area contributed by atoms with Crippen molar-refractivity contribution in [1.82, 2.24) is 19.9 Å². The summed E-state index contributed by atoms with van der Waals surface area (Å²) in [6, 6.07) is 9.66. The summed E-state index contributed by atoms with van der Waals surface area (Å²) in [5.74, 6) is -0.121. The van der Waals surface area contributed by atoms with Gasteiger partial charge < -0.3 is 5.32 Å². The molecule has 2 heterocycles. The predicted molar refractivity (Wildman–Crippen MR) is 116 cm³/mol. The average Bonchev–Trinajstić information content (AvgIpc) is 3.56. The minimum absolute atomic E-state index is 0.0699. The maximum Gasteiger partial charge on any atom is 0.330 e. The van der Waals surface area contributed by atoms with Crippen LogP contribution >= 0.6 is 0 Å². The van der Waals surface area contributed by atoms with Crippen LogP contribution in [-0.4, -0.2) is 20.4 Å². The highest BCUT2D eigenvalue weighted by Gasteiger charge is 2.28. The van der Waals surface area contributed by atoms with Crippen LogP contribution in [0, 0.1) is 5.92 Å². The van der Waals surface area contributed by atoms with Crippen molar-refractivity contribution in [3.05, 3.63) is 74.1 Å². The van der Waals surface area contributed by atoms with E-state index in [1.54, 1.807) is 0 Å². The molecule has 0 spiro atoms. The van der Waals surface area contributed by atoms with Crippen LogP contribution in [0.3, 0.4) is 0 Å². The second kappa shape index (κ2) is 7.89. The molecule has 7 heteroatoms. The highest BCUT2D eigenvalue weighted by molar-refractivity contribution is 5.97. The molecular weight excluding hydrogens is 380 g/mol. The van der Waals surface area contributed by atoms with Gasteiger partial charge in [-0.15, -0.1) is 0 Å². The molecule has 1 fully saturated rings. The lowest BCUT2D eigenvalue weighted by atomic mass is 9.94. The fourth-order valence-corrected chi connectivity index (χ4v) is 3.75. The fourth-order valence-electron chi connectivity index (χ4n) is 3.75. The van der Waals surface area contributed by atoms with Crippen LogP contribution in [0.2, 0.25) is 0 Å². The number of aryl methyl sites for hydroxylation is 1. The number of aromatic amines is 1. The van der Waals surface area contributed by atoms with Gasteiger partial charge in [-0.1, -0.05) is 45.0 Å². The monoisotopic (exact) mass is 406 g/mol. The number of aromatic nitrogens is 3. The van der Waals surface area contributed by atoms with E-state index in [9.17, 15) is 14.4 Å². The number of amides is 1. The van der Waals surface area contributed by atoms with Gasteiger partial charge >= 0.3 is 5.69 Å². The molecule has 0 aliphatic heterocycles. The molecule has 3 aromatic rings. The molecular formula is C23H26N4O3. The van der Waals surface area contributed by atoms with E-state index in [0.29, 0.717) is 11.2 Å². The SMILES string of the molecule is CCc1ccc([C@@H](NC(=O)c2cnc3c(c2)c(=O)[nH]c(=O)n3C2CC2)C(C)C)cc1. The second-order valence-electron chi connectivity index (χ2n) is 8.25. The van der Waals surface area contributed by atoms with Gasteiger partial charge in [0.05, 0.1) is 17.0 Å². The van der Waals surface area contributed by atoms with Crippen molar-refractivity contribution in [3.8, 4) is 0 Å². The highest BCUT2D eigenvalue weighted by atomic mass is 16.2. The average molecular weight is 406 g/mol. The van der Waals surface area contributed by atoms with Gasteiger partial charge in [0, 0.05) is 12.2 Å². The summed E-state index contributed by atoms with van der Waals surface area (Å²) in [7, 11) is 0. The number of benzene rings is 1. The first-order valence-electron chi connectivity index (χ1n) is 10.4. The molecule has 2 N–H and O–H groups in total. The van der Waals surface area contributed by atoms with E-state index in [2.05, 4.69) is 48.2 Å². The zero-order valence-electron chi connectivity index (χ0n) is 17.4. The maximum atomic E-state index is 13.0. The molecule has 0 bridgehead atoms. The van der Waals surface area contributed by atoms with Gasteiger partial charge in [0.25, 0.3) is 11.5 Å². The number of rotatable bonds is 6. The number of carbonyl (C=O) groups excluding carboxylic acids is 1. The second-order valence-corrected chi connectivity index (χ2v) is 8.25. The lowest BCUT2D eigenvalue weighted by molar-refractivity contribution is 0.0925. The molecule has 1 saturated carbocycles. The fraction of sp³-hybridized carbons (Fsp3) is 0.391. The molecule has 1 aliphatic rings. The first-order valence-corrected chi connectivity index (χ1v) is 10.4. The zero-order chi connectivity index (χ0) is 21.4. The number of hydrogen-bond acceptors (Lipinski definition) is 4. The minimum Gasteiger partial charge on any atom is -0.345 e. The number of carbonyl (C=O) groups is 1. The lowest BCUT2D eigenvalue weighted by Crippen LogP contribution is -2.33. The van der Waals surface area contributed by atoms with E-state index in [1.165, 1.54) is 22.4 Å². The van der Waals surface area contributed by atoms with Crippen LogP contribution in [0.4, 0.5) is 0 Å². The van der Waals surface area contributed by atoms with E-state index >= 15 is 0 Å². The van der Waals surface area contributed by atoms with Crippen molar-refractivity contribution in [1.29, 1.82) is 0 Å². The third kappa shape index (κ3) is 3.79. The smallest absolute Gasteiger partial charge is 0.330 e. The summed E-state index contributed by atoms with van der Waals surface area (Å²) in [6.07, 6.45) is 4.17. The van der Waals surface area contributed by atoms with Gasteiger partial charge in [0.15, 0.2) is 0 Å². The van der Waals surface area contributed by atoms with Gasteiger partial charge in [-0.2, -0.15) is 0 Å². The molecule has 1 aromatic carbocycles. The first kappa shape index (κ1) is 20.1. The van der Waals surface area contributed by atoms with Crippen molar-refractivity contribution in [2.75, 3.05) is 0 Å². The number of H-pyrrole nitrogens is 1. The number of nitrogens with one attached hydrogen (secondary N) is 2. The third-order valence-electron chi connectivity index (χ3n) is 5.65. The molecule has 30 heavy (non-hydrogen) atoms. The third-order valence-corrected chi connectivity index (χ3v) is 5.65. The van der Waals surface area contributed by atoms with Gasteiger partial charge in [-0.25, -0.2) is 9.78 Å². The van der Waals surface area contributed by atoms with E-state index in [1.807, 2.05) is 12.1 Å². The Bertz CT molecular complexity index is 1200. The van der Waals surface area contributed by atoms with Crippen LogP contribution in [0.5, 0.6) is 0 Å². The van der Waals surface area contributed by atoms with Gasteiger partial charge in [0.2, 0.25) is 0 Å². The van der Waals surface area contributed by atoms with Gasteiger partial charge in [-0.3, -0.25) is 19.1 Å².